The van der Waals surface area contributed by atoms with E-state index in [2.05, 4.69) is 17.1 Å². The second-order valence-electron chi connectivity index (χ2n) is 5.25. The summed E-state index contributed by atoms with van der Waals surface area (Å²) in [6.07, 6.45) is 4.01. The first-order valence-corrected chi connectivity index (χ1v) is 7.45. The fourth-order valence-corrected chi connectivity index (χ4v) is 2.71. The van der Waals surface area contributed by atoms with Crippen molar-refractivity contribution >= 4 is 11.6 Å². The SMILES string of the molecule is CC(NCCN1CCCCC1)c1ccc(F)c(Cl)c1. The summed E-state index contributed by atoms with van der Waals surface area (Å²) in [5.74, 6) is -0.356. The Bertz CT molecular complexity index is 405. The molecule has 1 aromatic rings. The van der Waals surface area contributed by atoms with E-state index in [1.165, 1.54) is 38.4 Å². The van der Waals surface area contributed by atoms with Gasteiger partial charge in [0, 0.05) is 19.1 Å². The van der Waals surface area contributed by atoms with Gasteiger partial charge in [0.25, 0.3) is 0 Å². The molecule has 0 amide bonds. The zero-order chi connectivity index (χ0) is 13.7. The Balaban J connectivity index is 1.76. The average molecular weight is 285 g/mol. The Morgan fingerprint density at radius 3 is 2.74 bits per heavy atom. The Kier molecular flexibility index (Phi) is 5.61. The van der Waals surface area contributed by atoms with Gasteiger partial charge in [-0.15, -0.1) is 0 Å². The van der Waals surface area contributed by atoms with Crippen molar-refractivity contribution < 1.29 is 4.39 Å². The molecule has 0 saturated carbocycles. The number of hydrogen-bond acceptors (Lipinski definition) is 2. The van der Waals surface area contributed by atoms with Crippen LogP contribution in [-0.2, 0) is 0 Å². The van der Waals surface area contributed by atoms with E-state index in [1.807, 2.05) is 0 Å². The van der Waals surface area contributed by atoms with E-state index in [1.54, 1.807) is 12.1 Å². The van der Waals surface area contributed by atoms with Crippen LogP contribution in [0.4, 0.5) is 4.39 Å². The molecule has 2 nitrogen and oxygen atoms in total. The molecular formula is C15H22ClFN2. The molecule has 1 fully saturated rings. The predicted octanol–water partition coefficient (Wildman–Crippen LogP) is 3.62. The lowest BCUT2D eigenvalue weighted by atomic mass is 10.1. The molecule has 19 heavy (non-hydrogen) atoms. The number of benzene rings is 1. The van der Waals surface area contributed by atoms with E-state index in [0.29, 0.717) is 0 Å². The van der Waals surface area contributed by atoms with Crippen molar-refractivity contribution in [3.8, 4) is 0 Å². The van der Waals surface area contributed by atoms with E-state index in [9.17, 15) is 4.39 Å². The summed E-state index contributed by atoms with van der Waals surface area (Å²) in [7, 11) is 0. The van der Waals surface area contributed by atoms with Crippen molar-refractivity contribution in [3.05, 3.63) is 34.6 Å². The van der Waals surface area contributed by atoms with Crippen LogP contribution in [0.1, 0.15) is 37.8 Å². The van der Waals surface area contributed by atoms with E-state index >= 15 is 0 Å². The highest BCUT2D eigenvalue weighted by Gasteiger charge is 2.11. The smallest absolute Gasteiger partial charge is 0.141 e. The highest BCUT2D eigenvalue weighted by molar-refractivity contribution is 6.30. The van der Waals surface area contributed by atoms with Crippen molar-refractivity contribution in [1.82, 2.24) is 10.2 Å². The molecule has 0 radical (unpaired) electrons. The normalized spacial score (nSPS) is 18.5. The van der Waals surface area contributed by atoms with Crippen LogP contribution in [0.3, 0.4) is 0 Å². The van der Waals surface area contributed by atoms with E-state index in [4.69, 9.17) is 11.6 Å². The molecule has 1 aliphatic rings. The first kappa shape index (κ1) is 14.8. The molecule has 1 N–H and O–H groups in total. The highest BCUT2D eigenvalue weighted by Crippen LogP contribution is 2.20. The Morgan fingerprint density at radius 2 is 2.05 bits per heavy atom. The number of rotatable bonds is 5. The van der Waals surface area contributed by atoms with Crippen LogP contribution < -0.4 is 5.32 Å². The zero-order valence-corrected chi connectivity index (χ0v) is 12.2. The molecule has 0 aliphatic carbocycles. The monoisotopic (exact) mass is 284 g/mol. The van der Waals surface area contributed by atoms with E-state index in [0.717, 1.165) is 18.7 Å². The Hall–Kier alpha value is -0.640. The van der Waals surface area contributed by atoms with Gasteiger partial charge in [-0.05, 0) is 50.6 Å². The molecule has 4 heteroatoms. The van der Waals surface area contributed by atoms with Gasteiger partial charge in [-0.1, -0.05) is 24.1 Å². The molecule has 0 spiro atoms. The van der Waals surface area contributed by atoms with Crippen LogP contribution in [0.15, 0.2) is 18.2 Å². The molecule has 2 rings (SSSR count). The predicted molar refractivity (Wildman–Crippen MR) is 78.1 cm³/mol. The minimum absolute atomic E-state index is 0.196. The second kappa shape index (κ2) is 7.22. The third-order valence-electron chi connectivity index (χ3n) is 3.77. The summed E-state index contributed by atoms with van der Waals surface area (Å²) in [4.78, 5) is 2.50. The number of halogens is 2. The lowest BCUT2D eigenvalue weighted by molar-refractivity contribution is 0.227. The van der Waals surface area contributed by atoms with Gasteiger partial charge >= 0.3 is 0 Å². The van der Waals surface area contributed by atoms with Gasteiger partial charge in [0.05, 0.1) is 5.02 Å². The fourth-order valence-electron chi connectivity index (χ4n) is 2.52. The molecular weight excluding hydrogens is 263 g/mol. The number of likely N-dealkylation sites (tertiary alicyclic amines) is 1. The molecule has 1 unspecified atom stereocenters. The first-order valence-electron chi connectivity index (χ1n) is 7.07. The maximum absolute atomic E-state index is 13.1. The van der Waals surface area contributed by atoms with Crippen LogP contribution in [0.2, 0.25) is 5.02 Å². The number of hydrogen-bond donors (Lipinski definition) is 1. The Morgan fingerprint density at radius 1 is 1.32 bits per heavy atom. The van der Waals surface area contributed by atoms with Gasteiger partial charge in [-0.2, -0.15) is 0 Å². The van der Waals surface area contributed by atoms with Gasteiger partial charge in [-0.3, -0.25) is 0 Å². The molecule has 0 bridgehead atoms. The molecule has 0 aromatic heterocycles. The molecule has 1 aliphatic heterocycles. The van der Waals surface area contributed by atoms with Crippen LogP contribution in [-0.4, -0.2) is 31.1 Å². The first-order chi connectivity index (χ1) is 9.16. The van der Waals surface area contributed by atoms with Crippen molar-refractivity contribution in [3.63, 3.8) is 0 Å². The molecule has 1 heterocycles. The third-order valence-corrected chi connectivity index (χ3v) is 4.06. The van der Waals surface area contributed by atoms with Crippen molar-refractivity contribution in [2.24, 2.45) is 0 Å². The summed E-state index contributed by atoms with van der Waals surface area (Å²) in [6.45, 7) is 6.56. The topological polar surface area (TPSA) is 15.3 Å². The van der Waals surface area contributed by atoms with Crippen LogP contribution >= 0.6 is 11.6 Å². The van der Waals surface area contributed by atoms with Crippen molar-refractivity contribution in [1.29, 1.82) is 0 Å². The average Bonchev–Trinajstić information content (AvgIpc) is 2.43. The standard InChI is InChI=1S/C15H22ClFN2/c1-12(13-5-6-15(17)14(16)11-13)18-7-10-19-8-3-2-4-9-19/h5-6,11-12,18H,2-4,7-10H2,1H3. The number of nitrogens with one attached hydrogen (secondary N) is 1. The highest BCUT2D eigenvalue weighted by atomic mass is 35.5. The summed E-state index contributed by atoms with van der Waals surface area (Å²) >= 11 is 5.80. The summed E-state index contributed by atoms with van der Waals surface area (Å²) in [6, 6.07) is 5.12. The van der Waals surface area contributed by atoms with Gasteiger partial charge in [0.1, 0.15) is 5.82 Å². The van der Waals surface area contributed by atoms with E-state index in [-0.39, 0.29) is 16.9 Å². The third kappa shape index (κ3) is 4.44. The molecule has 106 valence electrons. The van der Waals surface area contributed by atoms with Crippen LogP contribution in [0.5, 0.6) is 0 Å². The van der Waals surface area contributed by atoms with Crippen molar-refractivity contribution in [2.45, 2.75) is 32.2 Å². The van der Waals surface area contributed by atoms with Gasteiger partial charge < -0.3 is 10.2 Å². The quantitative estimate of drug-likeness (QED) is 0.888. The summed E-state index contributed by atoms with van der Waals surface area (Å²) in [5.41, 5.74) is 1.03. The minimum atomic E-state index is -0.356. The number of nitrogens with zero attached hydrogens (tertiary/aromatic N) is 1. The van der Waals surface area contributed by atoms with Crippen molar-refractivity contribution in [2.75, 3.05) is 26.2 Å². The summed E-state index contributed by atoms with van der Waals surface area (Å²) in [5, 5.41) is 3.67. The Labute approximate surface area is 119 Å². The van der Waals surface area contributed by atoms with E-state index < -0.39 is 0 Å². The largest absolute Gasteiger partial charge is 0.309 e. The van der Waals surface area contributed by atoms with Crippen LogP contribution in [0.25, 0.3) is 0 Å². The van der Waals surface area contributed by atoms with Crippen LogP contribution in [0, 0.1) is 5.82 Å². The second-order valence-corrected chi connectivity index (χ2v) is 5.66. The van der Waals surface area contributed by atoms with Gasteiger partial charge in [-0.25, -0.2) is 4.39 Å². The summed E-state index contributed by atoms with van der Waals surface area (Å²) < 4.78 is 13.1. The maximum atomic E-state index is 13.1. The molecule has 1 atom stereocenters. The fraction of sp³-hybridized carbons (Fsp3) is 0.600. The minimum Gasteiger partial charge on any atom is -0.309 e. The number of piperidine rings is 1. The lowest BCUT2D eigenvalue weighted by Gasteiger charge is -2.27. The lowest BCUT2D eigenvalue weighted by Crippen LogP contribution is -2.36. The molecule has 1 saturated heterocycles. The maximum Gasteiger partial charge on any atom is 0.141 e. The zero-order valence-electron chi connectivity index (χ0n) is 11.5. The van der Waals surface area contributed by atoms with Gasteiger partial charge in [0.15, 0.2) is 0 Å². The molecule has 1 aromatic carbocycles. The van der Waals surface area contributed by atoms with Gasteiger partial charge in [0.2, 0.25) is 0 Å².